The molecule has 1 amide bonds. The van der Waals surface area contributed by atoms with Crippen LogP contribution in [0.5, 0.6) is 17.2 Å². The van der Waals surface area contributed by atoms with Gasteiger partial charge in [-0.25, -0.2) is 0 Å². The lowest BCUT2D eigenvalue weighted by molar-refractivity contribution is -0.147. The Bertz CT molecular complexity index is 1070. The van der Waals surface area contributed by atoms with Gasteiger partial charge in [0.05, 0.1) is 12.1 Å². The maximum Gasteiger partial charge on any atom is 0.319 e. The molecule has 29 heavy (non-hydrogen) atoms. The van der Waals surface area contributed by atoms with Gasteiger partial charge in [0.1, 0.15) is 22.7 Å². The summed E-state index contributed by atoms with van der Waals surface area (Å²) in [4.78, 5) is 27.8. The van der Waals surface area contributed by atoms with Crippen LogP contribution in [-0.4, -0.2) is 28.6 Å². The normalized spacial score (nSPS) is 14.2. The summed E-state index contributed by atoms with van der Waals surface area (Å²) in [6.07, 6.45) is 2.41. The summed E-state index contributed by atoms with van der Waals surface area (Å²) >= 11 is 0. The summed E-state index contributed by atoms with van der Waals surface area (Å²) in [6, 6.07) is 14.2. The minimum absolute atomic E-state index is 0.369. The van der Waals surface area contributed by atoms with Crippen LogP contribution in [-0.2, 0) is 9.59 Å². The summed E-state index contributed by atoms with van der Waals surface area (Å²) in [5, 5.41) is 12.7. The first-order chi connectivity index (χ1) is 14.0. The van der Waals surface area contributed by atoms with Gasteiger partial charge in [-0.1, -0.05) is 0 Å². The summed E-state index contributed by atoms with van der Waals surface area (Å²) in [6.45, 7) is 2.49. The molecule has 0 unspecified atom stereocenters. The predicted molar refractivity (Wildman–Crippen MR) is 107 cm³/mol. The Morgan fingerprint density at radius 1 is 1.10 bits per heavy atom. The lowest BCUT2D eigenvalue weighted by atomic mass is 10.1. The fourth-order valence-corrected chi connectivity index (χ4v) is 3.09. The first kappa shape index (κ1) is 18.7. The van der Waals surface area contributed by atoms with Crippen LogP contribution in [0.4, 0.5) is 5.69 Å². The Balaban J connectivity index is 1.51. The third-order valence-corrected chi connectivity index (χ3v) is 4.92. The molecule has 1 aliphatic rings. The number of ether oxygens (including phenoxy) is 2. The predicted octanol–water partition coefficient (Wildman–Crippen LogP) is 4.23. The van der Waals surface area contributed by atoms with Gasteiger partial charge in [0, 0.05) is 17.3 Å². The van der Waals surface area contributed by atoms with Crippen molar-refractivity contribution in [3.63, 3.8) is 0 Å². The van der Waals surface area contributed by atoms with Gasteiger partial charge < -0.3 is 19.9 Å². The molecule has 0 saturated heterocycles. The van der Waals surface area contributed by atoms with Crippen molar-refractivity contribution < 1.29 is 24.2 Å². The summed E-state index contributed by atoms with van der Waals surface area (Å²) in [5.41, 5.74) is 0.0370. The first-order valence-electron chi connectivity index (χ1n) is 9.36. The Morgan fingerprint density at radius 2 is 1.83 bits per heavy atom. The Hall–Kier alpha value is -3.61. The number of carboxylic acids is 1. The molecular weight excluding hydrogens is 372 g/mol. The molecule has 7 heteroatoms. The fraction of sp³-hybridized carbons (Fsp3) is 0.227. The fourth-order valence-electron chi connectivity index (χ4n) is 3.09. The average molecular weight is 392 g/mol. The van der Waals surface area contributed by atoms with E-state index in [1.807, 2.05) is 25.1 Å². The summed E-state index contributed by atoms with van der Waals surface area (Å²) < 4.78 is 11.6. The largest absolute Gasteiger partial charge is 0.494 e. The first-order valence-corrected chi connectivity index (χ1v) is 9.36. The molecule has 148 valence electrons. The van der Waals surface area contributed by atoms with Crippen molar-refractivity contribution in [2.24, 2.45) is 5.41 Å². The topological polar surface area (TPSA) is 97.8 Å². The molecule has 1 saturated carbocycles. The monoisotopic (exact) mass is 392 g/mol. The second-order valence-electron chi connectivity index (χ2n) is 6.89. The number of nitrogens with zero attached hydrogens (tertiary/aromatic N) is 1. The highest BCUT2D eigenvalue weighted by Gasteiger charge is 2.57. The number of amides is 1. The molecule has 0 radical (unpaired) electrons. The maximum absolute atomic E-state index is 12.2. The average Bonchev–Trinajstić information content (AvgIpc) is 3.52. The van der Waals surface area contributed by atoms with Crippen LogP contribution in [0.2, 0.25) is 0 Å². The smallest absolute Gasteiger partial charge is 0.319 e. The maximum atomic E-state index is 12.2. The summed E-state index contributed by atoms with van der Waals surface area (Å²) in [7, 11) is 0. The van der Waals surface area contributed by atoms with Crippen molar-refractivity contribution in [3.05, 3.63) is 54.7 Å². The number of fused-ring (bicyclic) bond motifs is 1. The molecule has 1 aliphatic carbocycles. The number of hydrogen-bond donors (Lipinski definition) is 2. The zero-order valence-corrected chi connectivity index (χ0v) is 15.8. The SMILES string of the molecule is CCOc1ccc2nccc(Oc3ccc(NC(=O)C4(C(=O)O)CC4)cc3)c2c1. The second-order valence-corrected chi connectivity index (χ2v) is 6.89. The lowest BCUT2D eigenvalue weighted by Gasteiger charge is -2.12. The van der Waals surface area contributed by atoms with E-state index in [-0.39, 0.29) is 0 Å². The van der Waals surface area contributed by atoms with Crippen LogP contribution in [0.1, 0.15) is 19.8 Å². The van der Waals surface area contributed by atoms with Gasteiger partial charge in [0.2, 0.25) is 5.91 Å². The molecule has 1 heterocycles. The number of anilines is 1. The van der Waals surface area contributed by atoms with E-state index in [9.17, 15) is 14.7 Å². The van der Waals surface area contributed by atoms with Crippen LogP contribution in [0, 0.1) is 5.41 Å². The van der Waals surface area contributed by atoms with Crippen molar-refractivity contribution in [2.75, 3.05) is 11.9 Å². The van der Waals surface area contributed by atoms with E-state index in [1.165, 1.54) is 0 Å². The Labute approximate surface area is 167 Å². The number of hydrogen-bond acceptors (Lipinski definition) is 5. The number of carbonyl (C=O) groups is 2. The Kier molecular flexibility index (Phi) is 4.80. The van der Waals surface area contributed by atoms with Gasteiger partial charge in [-0.15, -0.1) is 0 Å². The van der Waals surface area contributed by atoms with Crippen LogP contribution >= 0.6 is 0 Å². The van der Waals surface area contributed by atoms with Crippen molar-refractivity contribution in [3.8, 4) is 17.2 Å². The van der Waals surface area contributed by atoms with E-state index in [0.29, 0.717) is 36.6 Å². The third-order valence-electron chi connectivity index (χ3n) is 4.92. The van der Waals surface area contributed by atoms with Gasteiger partial charge in [-0.2, -0.15) is 0 Å². The second kappa shape index (κ2) is 7.43. The van der Waals surface area contributed by atoms with Gasteiger partial charge in [-0.3, -0.25) is 14.6 Å². The van der Waals surface area contributed by atoms with Gasteiger partial charge in [0.15, 0.2) is 0 Å². The van der Waals surface area contributed by atoms with Crippen LogP contribution < -0.4 is 14.8 Å². The van der Waals surface area contributed by atoms with Crippen LogP contribution in [0.15, 0.2) is 54.7 Å². The molecular formula is C22H20N2O5. The Morgan fingerprint density at radius 3 is 2.48 bits per heavy atom. The summed E-state index contributed by atoms with van der Waals surface area (Å²) in [5.74, 6) is 0.393. The quantitative estimate of drug-likeness (QED) is 0.584. The van der Waals surface area contributed by atoms with Gasteiger partial charge in [-0.05, 0) is 68.3 Å². The minimum atomic E-state index is -1.27. The van der Waals surface area contributed by atoms with E-state index < -0.39 is 17.3 Å². The molecule has 0 bridgehead atoms. The van der Waals surface area contributed by atoms with E-state index in [1.54, 1.807) is 36.5 Å². The van der Waals surface area contributed by atoms with Crippen LogP contribution in [0.25, 0.3) is 10.9 Å². The number of nitrogens with one attached hydrogen (secondary N) is 1. The zero-order valence-electron chi connectivity index (χ0n) is 15.8. The lowest BCUT2D eigenvalue weighted by Crippen LogP contribution is -2.31. The number of aliphatic carboxylic acids is 1. The highest BCUT2D eigenvalue weighted by atomic mass is 16.5. The van der Waals surface area contributed by atoms with Crippen LogP contribution in [0.3, 0.4) is 0 Å². The number of rotatable bonds is 7. The molecule has 0 aliphatic heterocycles. The van der Waals surface area contributed by atoms with E-state index in [0.717, 1.165) is 16.7 Å². The van der Waals surface area contributed by atoms with Crippen molar-refractivity contribution in [1.82, 2.24) is 4.98 Å². The molecule has 2 N–H and O–H groups in total. The number of pyridine rings is 1. The molecule has 0 atom stereocenters. The third kappa shape index (κ3) is 3.71. The molecule has 1 aromatic heterocycles. The molecule has 1 fully saturated rings. The molecule has 7 nitrogen and oxygen atoms in total. The number of benzene rings is 2. The molecule has 0 spiro atoms. The van der Waals surface area contributed by atoms with Gasteiger partial charge >= 0.3 is 5.97 Å². The van der Waals surface area contributed by atoms with E-state index >= 15 is 0 Å². The minimum Gasteiger partial charge on any atom is -0.494 e. The van der Waals surface area contributed by atoms with Gasteiger partial charge in [0.25, 0.3) is 0 Å². The zero-order chi connectivity index (χ0) is 20.4. The number of carbonyl (C=O) groups excluding carboxylic acids is 1. The van der Waals surface area contributed by atoms with E-state index in [2.05, 4.69) is 10.3 Å². The standard InChI is InChI=1S/C22H20N2O5/c1-2-28-16-7-8-18-17(13-16)19(9-12-23-18)29-15-5-3-14(4-6-15)24-20(25)22(10-11-22)21(26)27/h3-9,12-13H,2,10-11H2,1H3,(H,24,25)(H,26,27). The highest BCUT2D eigenvalue weighted by Crippen LogP contribution is 2.46. The molecule has 4 rings (SSSR count). The number of carboxylic acid groups (broad SMARTS) is 1. The highest BCUT2D eigenvalue weighted by molar-refractivity contribution is 6.10. The van der Waals surface area contributed by atoms with E-state index in [4.69, 9.17) is 9.47 Å². The molecule has 3 aromatic rings. The number of aromatic nitrogens is 1. The van der Waals surface area contributed by atoms with Crippen molar-refractivity contribution in [2.45, 2.75) is 19.8 Å². The van der Waals surface area contributed by atoms with Crippen molar-refractivity contribution >= 4 is 28.5 Å². The molecule has 2 aromatic carbocycles. The van der Waals surface area contributed by atoms with Crippen molar-refractivity contribution in [1.29, 1.82) is 0 Å².